The van der Waals surface area contributed by atoms with Crippen molar-refractivity contribution >= 4 is 17.0 Å². The fraction of sp³-hybridized carbons (Fsp3) is 0.0870. The van der Waals surface area contributed by atoms with Crippen molar-refractivity contribution in [3.8, 4) is 28.4 Å². The van der Waals surface area contributed by atoms with Gasteiger partial charge in [-0.25, -0.2) is 4.99 Å². The second-order valence-corrected chi connectivity index (χ2v) is 7.22. The quantitative estimate of drug-likeness (QED) is 0.465. The fourth-order valence-electron chi connectivity index (χ4n) is 3.23. The van der Waals surface area contributed by atoms with Crippen LogP contribution in [0.25, 0.3) is 16.9 Å². The predicted molar refractivity (Wildman–Crippen MR) is 112 cm³/mol. The molecule has 0 radical (unpaired) electrons. The number of para-hydroxylation sites is 2. The maximum absolute atomic E-state index is 5.78. The van der Waals surface area contributed by atoms with Crippen LogP contribution in [-0.2, 0) is 0 Å². The maximum atomic E-state index is 5.78. The molecule has 2 heterocycles. The molecule has 29 heavy (non-hydrogen) atoms. The van der Waals surface area contributed by atoms with Gasteiger partial charge in [0.15, 0.2) is 16.3 Å². The highest BCUT2D eigenvalue weighted by atomic mass is 79.9. The summed E-state index contributed by atoms with van der Waals surface area (Å²) in [5, 5.41) is 2.14. The van der Waals surface area contributed by atoms with E-state index in [1.807, 2.05) is 60.7 Å². The Morgan fingerprint density at radius 3 is 2.24 bits per heavy atom. The lowest BCUT2D eigenvalue weighted by atomic mass is 10.1. The molecule has 0 aliphatic carbocycles. The molecule has 5 rings (SSSR count). The molecule has 0 bridgehead atoms. The van der Waals surface area contributed by atoms with Gasteiger partial charge in [0.1, 0.15) is 13.2 Å². The highest BCUT2D eigenvalue weighted by Gasteiger charge is 2.16. The van der Waals surface area contributed by atoms with Gasteiger partial charge in [0.25, 0.3) is 0 Å². The molecule has 0 atom stereocenters. The molecule has 4 nitrogen and oxygen atoms in total. The van der Waals surface area contributed by atoms with Gasteiger partial charge in [-0.05, 0) is 42.5 Å². The first-order valence-electron chi connectivity index (χ1n) is 9.14. The lowest BCUT2D eigenvalue weighted by molar-refractivity contribution is -0.00000605. The van der Waals surface area contributed by atoms with E-state index in [2.05, 4.69) is 28.1 Å². The van der Waals surface area contributed by atoms with E-state index in [4.69, 9.17) is 14.5 Å². The first-order chi connectivity index (χ1) is 13.9. The number of rotatable bonds is 3. The third kappa shape index (κ3) is 3.99. The van der Waals surface area contributed by atoms with Crippen LogP contribution in [0.3, 0.4) is 0 Å². The molecule has 3 aromatic carbocycles. The molecule has 0 spiro atoms. The van der Waals surface area contributed by atoms with Crippen molar-refractivity contribution < 1.29 is 26.5 Å². The second kappa shape index (κ2) is 8.68. The number of ether oxygens (including phenoxy) is 2. The van der Waals surface area contributed by atoms with Crippen molar-refractivity contribution in [1.29, 1.82) is 0 Å². The van der Waals surface area contributed by atoms with Crippen LogP contribution < -0.4 is 31.3 Å². The highest BCUT2D eigenvalue weighted by molar-refractivity contribution is 7.07. The summed E-state index contributed by atoms with van der Waals surface area (Å²) in [6, 6.07) is 26.4. The monoisotopic (exact) mass is 465 g/mol. The number of benzene rings is 3. The van der Waals surface area contributed by atoms with Crippen LogP contribution in [0.1, 0.15) is 0 Å². The maximum Gasteiger partial charge on any atom is 0.195 e. The van der Waals surface area contributed by atoms with Gasteiger partial charge in [-0.15, -0.1) is 11.3 Å². The van der Waals surface area contributed by atoms with E-state index in [0.717, 1.165) is 38.9 Å². The predicted octanol–water partition coefficient (Wildman–Crippen LogP) is 2.21. The van der Waals surface area contributed by atoms with E-state index in [1.54, 1.807) is 11.3 Å². The van der Waals surface area contributed by atoms with Gasteiger partial charge in [-0.3, -0.25) is 4.57 Å². The number of hydrogen-bond donors (Lipinski definition) is 0. The van der Waals surface area contributed by atoms with Crippen LogP contribution in [0, 0.1) is 0 Å². The van der Waals surface area contributed by atoms with Crippen molar-refractivity contribution in [2.45, 2.75) is 0 Å². The largest absolute Gasteiger partial charge is 1.00 e. The summed E-state index contributed by atoms with van der Waals surface area (Å²) >= 11 is 1.62. The average Bonchev–Trinajstić information content (AvgIpc) is 3.18. The highest BCUT2D eigenvalue weighted by Crippen LogP contribution is 2.35. The van der Waals surface area contributed by atoms with Gasteiger partial charge in [-0.1, -0.05) is 36.4 Å². The molecule has 1 aromatic heterocycles. The molecule has 1 aliphatic heterocycles. The lowest BCUT2D eigenvalue weighted by Crippen LogP contribution is -3.00. The molecular weight excluding hydrogens is 448 g/mol. The minimum atomic E-state index is 0. The molecule has 0 unspecified atom stereocenters. The second-order valence-electron chi connectivity index (χ2n) is 6.38. The van der Waals surface area contributed by atoms with Crippen molar-refractivity contribution in [2.24, 2.45) is 4.99 Å². The molecule has 0 fully saturated rings. The van der Waals surface area contributed by atoms with Gasteiger partial charge in [0.2, 0.25) is 0 Å². The Balaban J connectivity index is 0.00000205. The van der Waals surface area contributed by atoms with Crippen LogP contribution in [0.15, 0.2) is 89.2 Å². The van der Waals surface area contributed by atoms with Crippen LogP contribution in [0.4, 0.5) is 5.69 Å². The minimum Gasteiger partial charge on any atom is -1.00 e. The molecule has 146 valence electrons. The van der Waals surface area contributed by atoms with Crippen LogP contribution in [0.2, 0.25) is 0 Å². The topological polar surface area (TPSA) is 35.8 Å². The van der Waals surface area contributed by atoms with Gasteiger partial charge in [0, 0.05) is 16.6 Å². The SMILES string of the molecule is [Br-].c1ccc(N=c2scc(-c3ccc4c(c3)OCCO4)n2-c2ccccc2)cc1. The number of halogens is 1. The Morgan fingerprint density at radius 1 is 0.793 bits per heavy atom. The Kier molecular flexibility index (Phi) is 5.83. The zero-order valence-corrected chi connectivity index (χ0v) is 17.9. The van der Waals surface area contributed by atoms with Gasteiger partial charge in [-0.2, -0.15) is 0 Å². The first kappa shape index (κ1) is 19.5. The molecule has 0 saturated carbocycles. The number of thiazole rings is 1. The number of aromatic nitrogens is 1. The summed E-state index contributed by atoms with van der Waals surface area (Å²) in [6.45, 7) is 1.17. The molecular formula is C23H18BrN2O2S-. The van der Waals surface area contributed by atoms with E-state index in [-0.39, 0.29) is 17.0 Å². The third-order valence-electron chi connectivity index (χ3n) is 4.54. The van der Waals surface area contributed by atoms with Gasteiger partial charge in [0.05, 0.1) is 11.4 Å². The standard InChI is InChI=1S/C23H18N2O2S.BrH/c1-3-7-18(8-4-1)24-23-25(19-9-5-2-6-10-19)20(16-28-23)17-11-12-21-22(15-17)27-14-13-26-21;/h1-12,15-16H,13-14H2;1H/p-1. The lowest BCUT2D eigenvalue weighted by Gasteiger charge is -2.19. The molecule has 4 aromatic rings. The number of hydrogen-bond acceptors (Lipinski definition) is 4. The van der Waals surface area contributed by atoms with Crippen LogP contribution >= 0.6 is 11.3 Å². The first-order valence-corrected chi connectivity index (χ1v) is 10.0. The summed E-state index contributed by atoms with van der Waals surface area (Å²) in [7, 11) is 0. The zero-order chi connectivity index (χ0) is 18.8. The average molecular weight is 466 g/mol. The number of fused-ring (bicyclic) bond motifs is 1. The van der Waals surface area contributed by atoms with E-state index in [0.29, 0.717) is 13.2 Å². The van der Waals surface area contributed by atoms with E-state index in [1.165, 1.54) is 0 Å². The molecule has 1 aliphatic rings. The van der Waals surface area contributed by atoms with Gasteiger partial charge >= 0.3 is 0 Å². The van der Waals surface area contributed by atoms with Crippen molar-refractivity contribution in [2.75, 3.05) is 13.2 Å². The summed E-state index contributed by atoms with van der Waals surface area (Å²) < 4.78 is 13.6. The summed E-state index contributed by atoms with van der Waals surface area (Å²) in [5.74, 6) is 1.58. The Hall–Kier alpha value is -2.83. The van der Waals surface area contributed by atoms with Crippen molar-refractivity contribution in [3.63, 3.8) is 0 Å². The summed E-state index contributed by atoms with van der Waals surface area (Å²) in [4.78, 5) is 5.80. The van der Waals surface area contributed by atoms with Crippen molar-refractivity contribution in [1.82, 2.24) is 4.57 Å². The van der Waals surface area contributed by atoms with E-state index < -0.39 is 0 Å². The molecule has 0 amide bonds. The minimum absolute atomic E-state index is 0. The number of nitrogens with zero attached hydrogens (tertiary/aromatic N) is 2. The molecule has 6 heteroatoms. The van der Waals surface area contributed by atoms with E-state index in [9.17, 15) is 0 Å². The van der Waals surface area contributed by atoms with Gasteiger partial charge < -0.3 is 26.5 Å². The zero-order valence-electron chi connectivity index (χ0n) is 15.5. The Labute approximate surface area is 183 Å². The normalized spacial score (nSPS) is 13.0. The van der Waals surface area contributed by atoms with E-state index >= 15 is 0 Å². The Morgan fingerprint density at radius 2 is 1.48 bits per heavy atom. The molecule has 0 N–H and O–H groups in total. The molecule has 0 saturated heterocycles. The third-order valence-corrected chi connectivity index (χ3v) is 5.37. The Bertz CT molecular complexity index is 1170. The fourth-order valence-corrected chi connectivity index (χ4v) is 4.16. The summed E-state index contributed by atoms with van der Waals surface area (Å²) in [6.07, 6.45) is 0. The summed E-state index contributed by atoms with van der Waals surface area (Å²) in [5.41, 5.74) is 4.15. The smallest absolute Gasteiger partial charge is 0.195 e. The van der Waals surface area contributed by atoms with Crippen LogP contribution in [-0.4, -0.2) is 17.8 Å². The van der Waals surface area contributed by atoms with Crippen molar-refractivity contribution in [3.05, 3.63) is 89.0 Å². The van der Waals surface area contributed by atoms with Crippen LogP contribution in [0.5, 0.6) is 11.5 Å².